The number of aromatic nitrogens is 2. The number of hydrogen-bond donors (Lipinski definition) is 1. The molecule has 0 bridgehead atoms. The van der Waals surface area contributed by atoms with Gasteiger partial charge in [-0.05, 0) is 26.1 Å². The number of ether oxygens (including phenoxy) is 2. The van der Waals surface area contributed by atoms with Crippen LogP contribution in [0.4, 0.5) is 0 Å². The fourth-order valence-corrected chi connectivity index (χ4v) is 1.80. The maximum Gasteiger partial charge on any atom is 0.261 e. The molecular weight excluding hydrogens is 294 g/mol. The van der Waals surface area contributed by atoms with Crippen molar-refractivity contribution in [1.29, 1.82) is 0 Å². The van der Waals surface area contributed by atoms with Gasteiger partial charge in [0.1, 0.15) is 11.5 Å². The van der Waals surface area contributed by atoms with Gasteiger partial charge in [-0.25, -0.2) is 0 Å². The number of hydrogen-bond acceptors (Lipinski definition) is 6. The lowest BCUT2D eigenvalue weighted by atomic mass is 10.2. The normalized spacial score (nSPS) is 11.6. The standard InChI is InChI=1S/C14H19N3O3.ClH/c1-9(15-2)7-13-16-14(20-17-13)11-6-5-10(18-3)8-12(11)19-4;/h5-6,8-9,15H,7H2,1-4H3;1H. The highest BCUT2D eigenvalue weighted by atomic mass is 35.5. The van der Waals surface area contributed by atoms with Crippen molar-refractivity contribution in [2.45, 2.75) is 19.4 Å². The van der Waals surface area contributed by atoms with Gasteiger partial charge in [0.15, 0.2) is 5.82 Å². The van der Waals surface area contributed by atoms with Crippen LogP contribution >= 0.6 is 12.4 Å². The highest BCUT2D eigenvalue weighted by Gasteiger charge is 2.15. The molecule has 0 fully saturated rings. The van der Waals surface area contributed by atoms with E-state index in [1.165, 1.54) is 0 Å². The molecule has 6 nitrogen and oxygen atoms in total. The molecule has 0 radical (unpaired) electrons. The number of nitrogens with one attached hydrogen (secondary N) is 1. The zero-order valence-electron chi connectivity index (χ0n) is 12.5. The van der Waals surface area contributed by atoms with E-state index in [4.69, 9.17) is 14.0 Å². The van der Waals surface area contributed by atoms with Crippen LogP contribution in [0.3, 0.4) is 0 Å². The van der Waals surface area contributed by atoms with E-state index in [0.29, 0.717) is 35.7 Å². The van der Waals surface area contributed by atoms with Gasteiger partial charge in [-0.15, -0.1) is 12.4 Å². The summed E-state index contributed by atoms with van der Waals surface area (Å²) in [5.41, 5.74) is 0.754. The van der Waals surface area contributed by atoms with Crippen molar-refractivity contribution in [2.24, 2.45) is 0 Å². The molecule has 1 unspecified atom stereocenters. The second-order valence-electron chi connectivity index (χ2n) is 4.48. The second-order valence-corrected chi connectivity index (χ2v) is 4.48. The van der Waals surface area contributed by atoms with E-state index in [9.17, 15) is 0 Å². The third-order valence-corrected chi connectivity index (χ3v) is 3.09. The summed E-state index contributed by atoms with van der Waals surface area (Å²) in [5, 5.41) is 7.12. The van der Waals surface area contributed by atoms with Crippen molar-refractivity contribution in [2.75, 3.05) is 21.3 Å². The number of halogens is 1. The highest BCUT2D eigenvalue weighted by molar-refractivity contribution is 5.85. The van der Waals surface area contributed by atoms with Gasteiger partial charge in [-0.3, -0.25) is 0 Å². The molecule has 0 aliphatic carbocycles. The van der Waals surface area contributed by atoms with Crippen LogP contribution in [0.25, 0.3) is 11.5 Å². The largest absolute Gasteiger partial charge is 0.497 e. The van der Waals surface area contributed by atoms with Gasteiger partial charge in [-0.1, -0.05) is 5.16 Å². The summed E-state index contributed by atoms with van der Waals surface area (Å²) in [4.78, 5) is 4.39. The molecule has 1 aromatic heterocycles. The lowest BCUT2D eigenvalue weighted by molar-refractivity contribution is 0.389. The zero-order chi connectivity index (χ0) is 14.5. The molecule has 1 atom stereocenters. The molecule has 116 valence electrons. The van der Waals surface area contributed by atoms with E-state index < -0.39 is 0 Å². The lowest BCUT2D eigenvalue weighted by Gasteiger charge is -2.07. The molecule has 2 aromatic rings. The monoisotopic (exact) mass is 313 g/mol. The Balaban J connectivity index is 0.00000220. The van der Waals surface area contributed by atoms with Crippen molar-refractivity contribution >= 4 is 12.4 Å². The van der Waals surface area contributed by atoms with E-state index in [0.717, 1.165) is 5.56 Å². The molecule has 1 heterocycles. The Morgan fingerprint density at radius 2 is 2.05 bits per heavy atom. The average molecular weight is 314 g/mol. The van der Waals surface area contributed by atoms with Gasteiger partial charge in [0.2, 0.25) is 0 Å². The van der Waals surface area contributed by atoms with Gasteiger partial charge < -0.3 is 19.3 Å². The quantitative estimate of drug-likeness (QED) is 0.882. The van der Waals surface area contributed by atoms with Gasteiger partial charge in [0.05, 0.1) is 19.8 Å². The van der Waals surface area contributed by atoms with Crippen molar-refractivity contribution in [3.8, 4) is 23.0 Å². The molecule has 0 saturated carbocycles. The summed E-state index contributed by atoms with van der Waals surface area (Å²) in [6.07, 6.45) is 0.707. The Kier molecular flexibility index (Phi) is 6.45. The summed E-state index contributed by atoms with van der Waals surface area (Å²) in [6.45, 7) is 2.06. The fourth-order valence-electron chi connectivity index (χ4n) is 1.80. The van der Waals surface area contributed by atoms with Crippen LogP contribution < -0.4 is 14.8 Å². The first-order chi connectivity index (χ1) is 9.67. The number of methoxy groups -OCH3 is 2. The van der Waals surface area contributed by atoms with Crippen LogP contribution in [0.15, 0.2) is 22.7 Å². The van der Waals surface area contributed by atoms with Crippen LogP contribution in [0.1, 0.15) is 12.7 Å². The predicted octanol–water partition coefficient (Wildman–Crippen LogP) is 2.33. The molecule has 0 aliphatic rings. The molecule has 1 N–H and O–H groups in total. The minimum absolute atomic E-state index is 0. The Labute approximate surface area is 130 Å². The van der Waals surface area contributed by atoms with E-state index in [2.05, 4.69) is 22.4 Å². The summed E-state index contributed by atoms with van der Waals surface area (Å²) < 4.78 is 15.8. The van der Waals surface area contributed by atoms with Crippen molar-refractivity contribution in [1.82, 2.24) is 15.5 Å². The predicted molar refractivity (Wildman–Crippen MR) is 82.3 cm³/mol. The van der Waals surface area contributed by atoms with Crippen LogP contribution in [0.2, 0.25) is 0 Å². The third-order valence-electron chi connectivity index (χ3n) is 3.09. The van der Waals surface area contributed by atoms with Gasteiger partial charge in [0.25, 0.3) is 5.89 Å². The Hall–Kier alpha value is -1.79. The average Bonchev–Trinajstić information content (AvgIpc) is 2.94. The molecule has 21 heavy (non-hydrogen) atoms. The Bertz CT molecular complexity index is 574. The maximum absolute atomic E-state index is 5.33. The minimum Gasteiger partial charge on any atom is -0.497 e. The Morgan fingerprint density at radius 1 is 1.29 bits per heavy atom. The van der Waals surface area contributed by atoms with Gasteiger partial charge >= 0.3 is 0 Å². The molecule has 1 aromatic carbocycles. The first-order valence-corrected chi connectivity index (χ1v) is 6.40. The van der Waals surface area contributed by atoms with Crippen LogP contribution in [-0.4, -0.2) is 37.4 Å². The number of rotatable bonds is 6. The molecular formula is C14H20ClN3O3. The molecule has 0 saturated heterocycles. The van der Waals surface area contributed by atoms with Crippen molar-refractivity contribution in [3.63, 3.8) is 0 Å². The van der Waals surface area contributed by atoms with Crippen molar-refractivity contribution < 1.29 is 14.0 Å². The minimum atomic E-state index is 0. The summed E-state index contributed by atoms with van der Waals surface area (Å²) in [7, 11) is 5.11. The summed E-state index contributed by atoms with van der Waals surface area (Å²) >= 11 is 0. The maximum atomic E-state index is 5.33. The van der Waals surface area contributed by atoms with E-state index >= 15 is 0 Å². The first kappa shape index (κ1) is 17.3. The number of benzene rings is 1. The SMILES string of the molecule is CNC(C)Cc1noc(-c2ccc(OC)cc2OC)n1.Cl. The van der Waals surface area contributed by atoms with E-state index in [-0.39, 0.29) is 12.4 Å². The second kappa shape index (κ2) is 7.85. The third kappa shape index (κ3) is 4.09. The molecule has 0 spiro atoms. The number of likely N-dealkylation sites (N-methyl/N-ethyl adjacent to an activating group) is 1. The highest BCUT2D eigenvalue weighted by Crippen LogP contribution is 2.32. The molecule has 0 aliphatic heterocycles. The first-order valence-electron chi connectivity index (χ1n) is 6.40. The van der Waals surface area contributed by atoms with E-state index in [1.54, 1.807) is 20.3 Å². The topological polar surface area (TPSA) is 69.4 Å². The molecule has 7 heteroatoms. The van der Waals surface area contributed by atoms with E-state index in [1.807, 2.05) is 19.2 Å². The summed E-state index contributed by atoms with van der Waals surface area (Å²) in [6, 6.07) is 5.75. The van der Waals surface area contributed by atoms with Crippen LogP contribution in [0, 0.1) is 0 Å². The molecule has 0 amide bonds. The summed E-state index contributed by atoms with van der Waals surface area (Å²) in [5.74, 6) is 2.47. The smallest absolute Gasteiger partial charge is 0.261 e. The van der Waals surface area contributed by atoms with Gasteiger partial charge in [0, 0.05) is 18.5 Å². The molecule has 2 rings (SSSR count). The number of nitrogens with zero attached hydrogens (tertiary/aromatic N) is 2. The van der Waals surface area contributed by atoms with Gasteiger partial charge in [-0.2, -0.15) is 4.98 Å². The fraction of sp³-hybridized carbons (Fsp3) is 0.429. The zero-order valence-corrected chi connectivity index (χ0v) is 13.4. The lowest BCUT2D eigenvalue weighted by Crippen LogP contribution is -2.24. The van der Waals surface area contributed by atoms with Crippen molar-refractivity contribution in [3.05, 3.63) is 24.0 Å². The van der Waals surface area contributed by atoms with Crippen LogP contribution in [-0.2, 0) is 6.42 Å². The Morgan fingerprint density at radius 3 is 2.67 bits per heavy atom. The van der Waals surface area contributed by atoms with Crippen LogP contribution in [0.5, 0.6) is 11.5 Å².